The highest BCUT2D eigenvalue weighted by Crippen LogP contribution is 2.38. The number of nitrogens with two attached hydrogens (primary N) is 1. The van der Waals surface area contributed by atoms with Crippen molar-refractivity contribution in [1.29, 1.82) is 0 Å². The summed E-state index contributed by atoms with van der Waals surface area (Å²) in [5.41, 5.74) is 7.78. The zero-order chi connectivity index (χ0) is 15.2. The third kappa shape index (κ3) is 4.56. The van der Waals surface area contributed by atoms with Gasteiger partial charge in [0.25, 0.3) is 0 Å². The van der Waals surface area contributed by atoms with E-state index in [1.165, 1.54) is 0 Å². The Kier molecular flexibility index (Phi) is 5.33. The van der Waals surface area contributed by atoms with Gasteiger partial charge in [-0.2, -0.15) is 0 Å². The monoisotopic (exact) mass is 309 g/mol. The lowest BCUT2D eigenvalue weighted by Crippen LogP contribution is -2.33. The molecule has 0 atom stereocenters. The number of hydrogen-bond acceptors (Lipinski definition) is 3. The van der Waals surface area contributed by atoms with Gasteiger partial charge in [-0.25, -0.2) is 4.99 Å². The number of ether oxygens (including phenoxy) is 2. The molecule has 114 valence electrons. The minimum atomic E-state index is 0.418. The molecule has 0 spiro atoms. The third-order valence-corrected chi connectivity index (χ3v) is 3.18. The lowest BCUT2D eigenvalue weighted by Gasteiger charge is -2.20. The van der Waals surface area contributed by atoms with Gasteiger partial charge in [-0.15, -0.1) is 0 Å². The van der Waals surface area contributed by atoms with E-state index >= 15 is 0 Å². The van der Waals surface area contributed by atoms with Gasteiger partial charge in [-0.1, -0.05) is 23.8 Å². The molecule has 21 heavy (non-hydrogen) atoms. The van der Waals surface area contributed by atoms with Crippen LogP contribution >= 0.6 is 11.6 Å². The second-order valence-corrected chi connectivity index (χ2v) is 5.34. The molecule has 3 N–H and O–H groups in total. The predicted octanol–water partition coefficient (Wildman–Crippen LogP) is 2.13. The van der Waals surface area contributed by atoms with Crippen molar-refractivity contribution in [2.24, 2.45) is 10.7 Å². The van der Waals surface area contributed by atoms with E-state index in [-0.39, 0.29) is 0 Å². The first-order valence-electron chi connectivity index (χ1n) is 6.82. The van der Waals surface area contributed by atoms with Gasteiger partial charge in [0.2, 0.25) is 0 Å². The molecule has 0 unspecified atom stereocenters. The summed E-state index contributed by atoms with van der Waals surface area (Å²) < 4.78 is 11.0. The molecule has 5 nitrogen and oxygen atoms in total. The van der Waals surface area contributed by atoms with E-state index < -0.39 is 0 Å². The largest absolute Gasteiger partial charge is 0.486 e. The van der Waals surface area contributed by atoms with Crippen molar-refractivity contribution in [3.05, 3.63) is 34.9 Å². The fourth-order valence-electron chi connectivity index (χ4n) is 1.92. The van der Waals surface area contributed by atoms with E-state index in [0.29, 0.717) is 48.8 Å². The number of nitrogens with one attached hydrogen (secondary N) is 1. The van der Waals surface area contributed by atoms with Crippen LogP contribution in [-0.2, 0) is 6.42 Å². The molecular weight excluding hydrogens is 290 g/mol. The lowest BCUT2D eigenvalue weighted by molar-refractivity contribution is 0.171. The molecule has 1 aliphatic rings. The van der Waals surface area contributed by atoms with Gasteiger partial charge < -0.3 is 20.5 Å². The molecule has 0 aromatic heterocycles. The minimum absolute atomic E-state index is 0.418. The van der Waals surface area contributed by atoms with Gasteiger partial charge in [0, 0.05) is 6.54 Å². The van der Waals surface area contributed by atoms with E-state index in [9.17, 15) is 0 Å². The third-order valence-electron chi connectivity index (χ3n) is 2.90. The average molecular weight is 310 g/mol. The van der Waals surface area contributed by atoms with Crippen LogP contribution in [0, 0.1) is 0 Å². The SMILES string of the molecule is C=C(C)CN=C(N)NCCc1cc(Cl)c2c(c1)OCCO2. The molecule has 0 amide bonds. The maximum Gasteiger partial charge on any atom is 0.188 e. The first kappa shape index (κ1) is 15.5. The van der Waals surface area contributed by atoms with E-state index in [0.717, 1.165) is 17.6 Å². The molecule has 0 saturated carbocycles. The predicted molar refractivity (Wildman–Crippen MR) is 85.5 cm³/mol. The molecule has 0 aliphatic carbocycles. The second-order valence-electron chi connectivity index (χ2n) is 4.94. The molecule has 2 rings (SSSR count). The van der Waals surface area contributed by atoms with E-state index in [2.05, 4.69) is 16.9 Å². The van der Waals surface area contributed by atoms with Crippen LogP contribution in [0.3, 0.4) is 0 Å². The van der Waals surface area contributed by atoms with Gasteiger partial charge in [0.15, 0.2) is 17.5 Å². The Morgan fingerprint density at radius 3 is 2.95 bits per heavy atom. The molecule has 0 bridgehead atoms. The Morgan fingerprint density at radius 1 is 1.43 bits per heavy atom. The van der Waals surface area contributed by atoms with Crippen molar-refractivity contribution in [3.8, 4) is 11.5 Å². The number of hydrogen-bond donors (Lipinski definition) is 2. The van der Waals surface area contributed by atoms with Gasteiger partial charge in [-0.3, -0.25) is 0 Å². The first-order valence-corrected chi connectivity index (χ1v) is 7.20. The summed E-state index contributed by atoms with van der Waals surface area (Å²) in [5, 5.41) is 3.63. The Morgan fingerprint density at radius 2 is 2.19 bits per heavy atom. The molecule has 0 saturated heterocycles. The van der Waals surface area contributed by atoms with Crippen LogP contribution in [0.4, 0.5) is 0 Å². The fraction of sp³-hybridized carbons (Fsp3) is 0.400. The minimum Gasteiger partial charge on any atom is -0.486 e. The van der Waals surface area contributed by atoms with E-state index in [4.69, 9.17) is 26.8 Å². The summed E-state index contributed by atoms with van der Waals surface area (Å²) in [5.74, 6) is 1.75. The van der Waals surface area contributed by atoms with Gasteiger partial charge in [0.05, 0.1) is 11.6 Å². The summed E-state index contributed by atoms with van der Waals surface area (Å²) >= 11 is 6.19. The quantitative estimate of drug-likeness (QED) is 0.497. The fourth-order valence-corrected chi connectivity index (χ4v) is 2.21. The Hall–Kier alpha value is -1.88. The highest BCUT2D eigenvalue weighted by Gasteiger charge is 2.16. The van der Waals surface area contributed by atoms with Gasteiger partial charge >= 0.3 is 0 Å². The van der Waals surface area contributed by atoms with Crippen molar-refractivity contribution in [3.63, 3.8) is 0 Å². The van der Waals surface area contributed by atoms with Crippen molar-refractivity contribution >= 4 is 17.6 Å². The Labute approximate surface area is 129 Å². The Bertz CT molecular complexity index is 558. The molecule has 1 aromatic rings. The van der Waals surface area contributed by atoms with E-state index in [1.807, 2.05) is 19.1 Å². The highest BCUT2D eigenvalue weighted by atomic mass is 35.5. The van der Waals surface area contributed by atoms with Crippen LogP contribution < -0.4 is 20.5 Å². The number of benzene rings is 1. The zero-order valence-electron chi connectivity index (χ0n) is 12.1. The van der Waals surface area contributed by atoms with Crippen LogP contribution in [0.15, 0.2) is 29.3 Å². The van der Waals surface area contributed by atoms with Crippen molar-refractivity contribution in [2.75, 3.05) is 26.3 Å². The maximum absolute atomic E-state index is 6.19. The molecule has 1 heterocycles. The topological polar surface area (TPSA) is 68.9 Å². The summed E-state index contributed by atoms with van der Waals surface area (Å²) in [6.07, 6.45) is 0.764. The molecule has 6 heteroatoms. The lowest BCUT2D eigenvalue weighted by atomic mass is 10.1. The average Bonchev–Trinajstić information content (AvgIpc) is 2.45. The number of rotatable bonds is 5. The molecular formula is C15H20ClN3O2. The summed E-state index contributed by atoms with van der Waals surface area (Å²) in [7, 11) is 0. The van der Waals surface area contributed by atoms with Crippen LogP contribution in [0.5, 0.6) is 11.5 Å². The van der Waals surface area contributed by atoms with Crippen molar-refractivity contribution in [1.82, 2.24) is 5.32 Å². The van der Waals surface area contributed by atoms with E-state index in [1.54, 1.807) is 0 Å². The smallest absolute Gasteiger partial charge is 0.188 e. The van der Waals surface area contributed by atoms with Crippen LogP contribution in [0.1, 0.15) is 12.5 Å². The molecule has 1 aromatic carbocycles. The molecule has 1 aliphatic heterocycles. The van der Waals surface area contributed by atoms with Crippen LogP contribution in [-0.4, -0.2) is 32.3 Å². The summed E-state index contributed by atoms with van der Waals surface area (Å²) in [4.78, 5) is 4.16. The van der Waals surface area contributed by atoms with Crippen LogP contribution in [0.25, 0.3) is 0 Å². The van der Waals surface area contributed by atoms with Crippen LogP contribution in [0.2, 0.25) is 5.02 Å². The number of guanidine groups is 1. The standard InChI is InChI=1S/C15H20ClN3O2/c1-10(2)9-19-15(17)18-4-3-11-7-12(16)14-13(8-11)20-5-6-21-14/h7-8H,1,3-6,9H2,2H3,(H3,17,18,19). The van der Waals surface area contributed by atoms with Gasteiger partial charge in [-0.05, 0) is 31.0 Å². The Balaban J connectivity index is 1.90. The van der Waals surface area contributed by atoms with Crippen molar-refractivity contribution < 1.29 is 9.47 Å². The highest BCUT2D eigenvalue weighted by molar-refractivity contribution is 6.32. The number of fused-ring (bicyclic) bond motifs is 1. The number of aliphatic imine (C=N–C) groups is 1. The van der Waals surface area contributed by atoms with Crippen molar-refractivity contribution in [2.45, 2.75) is 13.3 Å². The maximum atomic E-state index is 6.19. The number of halogens is 1. The molecule has 0 radical (unpaired) electrons. The first-order chi connectivity index (χ1) is 10.1. The van der Waals surface area contributed by atoms with Gasteiger partial charge in [0.1, 0.15) is 13.2 Å². The molecule has 0 fully saturated rings. The normalized spacial score (nSPS) is 13.9. The summed E-state index contributed by atoms with van der Waals surface area (Å²) in [6.45, 7) is 7.97. The number of nitrogens with zero attached hydrogens (tertiary/aromatic N) is 1. The summed E-state index contributed by atoms with van der Waals surface area (Å²) in [6, 6.07) is 3.83. The second kappa shape index (κ2) is 7.22. The zero-order valence-corrected chi connectivity index (χ0v) is 12.9.